The first-order valence-electron chi connectivity index (χ1n) is 4.41. The molecule has 5 heteroatoms. The Kier molecular flexibility index (Phi) is 3.12. The molecular formula is C8H13ClF3N. The fourth-order valence-electron chi connectivity index (χ4n) is 2.23. The average molecular weight is 216 g/mol. The maximum Gasteiger partial charge on any atom is 0.393 e. The summed E-state index contributed by atoms with van der Waals surface area (Å²) in [4.78, 5) is 0. The van der Waals surface area contributed by atoms with E-state index in [9.17, 15) is 13.2 Å². The topological polar surface area (TPSA) is 12.0 Å². The van der Waals surface area contributed by atoms with E-state index in [1.165, 1.54) is 0 Å². The van der Waals surface area contributed by atoms with Crippen LogP contribution in [0.25, 0.3) is 0 Å². The van der Waals surface area contributed by atoms with Crippen molar-refractivity contribution in [1.29, 1.82) is 0 Å². The molecule has 0 aromatic carbocycles. The Morgan fingerprint density at radius 2 is 1.85 bits per heavy atom. The second-order valence-electron chi connectivity index (χ2n) is 3.71. The van der Waals surface area contributed by atoms with Crippen molar-refractivity contribution >= 4 is 12.4 Å². The number of rotatable bonds is 0. The van der Waals surface area contributed by atoms with Crippen molar-refractivity contribution in [2.24, 2.45) is 11.8 Å². The van der Waals surface area contributed by atoms with E-state index in [-0.39, 0.29) is 24.4 Å². The van der Waals surface area contributed by atoms with Crippen molar-refractivity contribution in [1.82, 2.24) is 5.32 Å². The molecule has 1 saturated heterocycles. The molecule has 0 amide bonds. The van der Waals surface area contributed by atoms with Gasteiger partial charge in [0.25, 0.3) is 0 Å². The summed E-state index contributed by atoms with van der Waals surface area (Å²) >= 11 is 0. The van der Waals surface area contributed by atoms with E-state index in [4.69, 9.17) is 0 Å². The van der Waals surface area contributed by atoms with Gasteiger partial charge in [-0.05, 0) is 25.3 Å². The van der Waals surface area contributed by atoms with Crippen molar-refractivity contribution in [3.05, 3.63) is 0 Å². The van der Waals surface area contributed by atoms with Gasteiger partial charge in [0, 0.05) is 6.04 Å². The van der Waals surface area contributed by atoms with Gasteiger partial charge in [-0.3, -0.25) is 0 Å². The monoisotopic (exact) mass is 215 g/mol. The van der Waals surface area contributed by atoms with Crippen molar-refractivity contribution in [3.8, 4) is 0 Å². The van der Waals surface area contributed by atoms with Crippen LogP contribution in [0.2, 0.25) is 0 Å². The zero-order valence-corrected chi connectivity index (χ0v) is 7.92. The first-order chi connectivity index (χ1) is 5.61. The molecule has 1 saturated carbocycles. The number of alkyl halides is 3. The summed E-state index contributed by atoms with van der Waals surface area (Å²) in [6.07, 6.45) is -1.25. The van der Waals surface area contributed by atoms with E-state index < -0.39 is 12.1 Å². The van der Waals surface area contributed by atoms with Gasteiger partial charge in [0.15, 0.2) is 0 Å². The third kappa shape index (κ3) is 2.10. The lowest BCUT2D eigenvalue weighted by Gasteiger charge is -2.07. The molecule has 1 heterocycles. The number of hydrogen-bond acceptors (Lipinski definition) is 1. The van der Waals surface area contributed by atoms with Crippen LogP contribution < -0.4 is 5.32 Å². The van der Waals surface area contributed by atoms with Crippen LogP contribution in [0.1, 0.15) is 19.3 Å². The lowest BCUT2D eigenvalue weighted by atomic mass is 10.1. The van der Waals surface area contributed by atoms with Gasteiger partial charge in [0.05, 0.1) is 5.92 Å². The molecule has 78 valence electrons. The number of hydrogen-bond donors (Lipinski definition) is 1. The molecule has 1 nitrogen and oxygen atoms in total. The highest BCUT2D eigenvalue weighted by atomic mass is 35.5. The molecule has 0 aromatic heterocycles. The maximum atomic E-state index is 12.2. The van der Waals surface area contributed by atoms with Crippen LogP contribution >= 0.6 is 12.4 Å². The number of halogens is 4. The molecular weight excluding hydrogens is 203 g/mol. The normalized spacial score (nSPS) is 38.5. The van der Waals surface area contributed by atoms with E-state index in [1.54, 1.807) is 0 Å². The van der Waals surface area contributed by atoms with E-state index in [0.29, 0.717) is 0 Å². The molecule has 13 heavy (non-hydrogen) atoms. The van der Waals surface area contributed by atoms with E-state index in [0.717, 1.165) is 25.8 Å². The van der Waals surface area contributed by atoms with Crippen LogP contribution in [0.4, 0.5) is 13.2 Å². The summed E-state index contributed by atoms with van der Waals surface area (Å²) < 4.78 is 36.7. The Morgan fingerprint density at radius 1 is 1.15 bits per heavy atom. The highest BCUT2D eigenvalue weighted by molar-refractivity contribution is 5.85. The Bertz CT molecular complexity index is 171. The quantitative estimate of drug-likeness (QED) is 0.654. The molecule has 1 aliphatic heterocycles. The smallest absolute Gasteiger partial charge is 0.313 e. The largest absolute Gasteiger partial charge is 0.393 e. The van der Waals surface area contributed by atoms with Crippen LogP contribution in [0.3, 0.4) is 0 Å². The highest BCUT2D eigenvalue weighted by Crippen LogP contribution is 2.53. The van der Waals surface area contributed by atoms with Gasteiger partial charge in [-0.25, -0.2) is 0 Å². The van der Waals surface area contributed by atoms with Crippen LogP contribution in [-0.4, -0.2) is 18.8 Å². The van der Waals surface area contributed by atoms with Crippen LogP contribution in [-0.2, 0) is 0 Å². The number of nitrogens with one attached hydrogen (secondary N) is 1. The third-order valence-electron chi connectivity index (χ3n) is 2.89. The molecule has 0 radical (unpaired) electrons. The van der Waals surface area contributed by atoms with Gasteiger partial charge in [-0.1, -0.05) is 6.42 Å². The Hall–Kier alpha value is 0.0400. The Balaban J connectivity index is 0.000000845. The van der Waals surface area contributed by atoms with Crippen molar-refractivity contribution in [2.45, 2.75) is 31.5 Å². The maximum absolute atomic E-state index is 12.2. The lowest BCUT2D eigenvalue weighted by Crippen LogP contribution is -2.24. The molecule has 0 unspecified atom stereocenters. The zero-order valence-electron chi connectivity index (χ0n) is 7.10. The minimum atomic E-state index is -3.97. The predicted octanol–water partition coefficient (Wildman–Crippen LogP) is 2.36. The Labute approximate surface area is 81.5 Å². The van der Waals surface area contributed by atoms with Crippen molar-refractivity contribution < 1.29 is 13.2 Å². The number of fused-ring (bicyclic) bond motifs is 1. The molecule has 2 fully saturated rings. The SMILES string of the molecule is Cl.FC(F)(F)[C@H]1[C@H]2CCCCN[C@H]21. The standard InChI is InChI=1S/C8H12F3N.ClH/c9-8(10,11)6-5-3-1-2-4-12-7(5)6;/h5-7,12H,1-4H2;1H/t5-,6+,7-;/m1./s1. The van der Waals surface area contributed by atoms with Crippen LogP contribution in [0.15, 0.2) is 0 Å². The summed E-state index contributed by atoms with van der Waals surface area (Å²) in [6.45, 7) is 0.758. The minimum absolute atomic E-state index is 0. The summed E-state index contributed by atoms with van der Waals surface area (Å²) in [5.74, 6) is -1.16. The van der Waals surface area contributed by atoms with Gasteiger partial charge in [-0.2, -0.15) is 13.2 Å². The van der Waals surface area contributed by atoms with E-state index in [2.05, 4.69) is 5.32 Å². The second kappa shape index (κ2) is 3.65. The van der Waals surface area contributed by atoms with Crippen LogP contribution in [0.5, 0.6) is 0 Å². The van der Waals surface area contributed by atoms with Crippen molar-refractivity contribution in [2.75, 3.05) is 6.54 Å². The molecule has 0 bridgehead atoms. The summed E-state index contributed by atoms with van der Waals surface area (Å²) in [7, 11) is 0. The Morgan fingerprint density at radius 3 is 2.46 bits per heavy atom. The molecule has 1 N–H and O–H groups in total. The lowest BCUT2D eigenvalue weighted by molar-refractivity contribution is -0.152. The second-order valence-corrected chi connectivity index (χ2v) is 3.71. The summed E-state index contributed by atoms with van der Waals surface area (Å²) in [5.41, 5.74) is 0. The third-order valence-corrected chi connectivity index (χ3v) is 2.89. The molecule has 2 rings (SSSR count). The summed E-state index contributed by atoms with van der Waals surface area (Å²) in [5, 5.41) is 2.96. The molecule has 0 spiro atoms. The zero-order chi connectivity index (χ0) is 8.77. The van der Waals surface area contributed by atoms with Gasteiger partial charge < -0.3 is 5.32 Å². The molecule has 1 aliphatic carbocycles. The first-order valence-corrected chi connectivity index (χ1v) is 4.41. The predicted molar refractivity (Wildman–Crippen MR) is 45.9 cm³/mol. The van der Waals surface area contributed by atoms with Gasteiger partial charge >= 0.3 is 6.18 Å². The molecule has 2 aliphatic rings. The van der Waals surface area contributed by atoms with Gasteiger partial charge in [0.2, 0.25) is 0 Å². The minimum Gasteiger partial charge on any atom is -0.313 e. The average Bonchev–Trinajstić information content (AvgIpc) is 2.54. The van der Waals surface area contributed by atoms with Gasteiger partial charge in [0.1, 0.15) is 0 Å². The fraction of sp³-hybridized carbons (Fsp3) is 1.00. The highest BCUT2D eigenvalue weighted by Gasteiger charge is 2.63. The summed E-state index contributed by atoms with van der Waals surface area (Å²) in [6, 6.07) is -0.257. The van der Waals surface area contributed by atoms with Gasteiger partial charge in [-0.15, -0.1) is 12.4 Å². The molecule has 0 aromatic rings. The first kappa shape index (κ1) is 11.1. The van der Waals surface area contributed by atoms with Crippen LogP contribution in [0, 0.1) is 11.8 Å². The van der Waals surface area contributed by atoms with E-state index >= 15 is 0 Å². The fourth-order valence-corrected chi connectivity index (χ4v) is 2.23. The van der Waals surface area contributed by atoms with E-state index in [1.807, 2.05) is 0 Å². The molecule has 3 atom stereocenters. The van der Waals surface area contributed by atoms with Crippen molar-refractivity contribution in [3.63, 3.8) is 0 Å².